The lowest BCUT2D eigenvalue weighted by atomic mass is 10.1. The zero-order chi connectivity index (χ0) is 15.4. The summed E-state index contributed by atoms with van der Waals surface area (Å²) in [5.41, 5.74) is 3.28. The van der Waals surface area contributed by atoms with Gasteiger partial charge in [-0.15, -0.1) is 0 Å². The van der Waals surface area contributed by atoms with Crippen molar-refractivity contribution < 1.29 is 4.74 Å². The molecule has 3 heteroatoms. The first-order chi connectivity index (χ1) is 9.95. The highest BCUT2D eigenvalue weighted by Gasteiger charge is 2.05. The molecule has 21 heavy (non-hydrogen) atoms. The molecule has 0 aliphatic rings. The molecule has 0 bridgehead atoms. The van der Waals surface area contributed by atoms with Crippen LogP contribution < -0.4 is 10.1 Å². The normalized spacial score (nSPS) is 11.0. The number of benzene rings is 2. The Balaban J connectivity index is 2.14. The second-order valence-electron chi connectivity index (χ2n) is 5.66. The molecular formula is C18H22ClNO. The van der Waals surface area contributed by atoms with Crippen LogP contribution in [0.2, 0.25) is 5.02 Å². The summed E-state index contributed by atoms with van der Waals surface area (Å²) in [5, 5.41) is 4.21. The van der Waals surface area contributed by atoms with Gasteiger partial charge in [-0.2, -0.15) is 0 Å². The van der Waals surface area contributed by atoms with Crippen molar-refractivity contribution in [3.63, 3.8) is 0 Å². The lowest BCUT2D eigenvalue weighted by Gasteiger charge is -2.12. The van der Waals surface area contributed by atoms with Gasteiger partial charge in [0.2, 0.25) is 0 Å². The molecule has 0 aliphatic heterocycles. The SMILES string of the molecule is Cc1cc(Oc2cccc(CNC(C)C)c2)cc(C)c1Cl. The highest BCUT2D eigenvalue weighted by Crippen LogP contribution is 2.29. The Morgan fingerprint density at radius 3 is 2.33 bits per heavy atom. The minimum absolute atomic E-state index is 0.469. The fourth-order valence-corrected chi connectivity index (χ4v) is 2.25. The van der Waals surface area contributed by atoms with Gasteiger partial charge in [0.05, 0.1) is 0 Å². The predicted octanol–water partition coefficient (Wildman–Crippen LogP) is 5.25. The molecule has 0 aromatic heterocycles. The van der Waals surface area contributed by atoms with Crippen molar-refractivity contribution in [2.75, 3.05) is 0 Å². The Bertz CT molecular complexity index is 599. The predicted molar refractivity (Wildman–Crippen MR) is 89.4 cm³/mol. The van der Waals surface area contributed by atoms with Crippen LogP contribution in [0.15, 0.2) is 36.4 Å². The average molecular weight is 304 g/mol. The summed E-state index contributed by atoms with van der Waals surface area (Å²) in [6.45, 7) is 9.10. The molecule has 2 rings (SSSR count). The highest BCUT2D eigenvalue weighted by atomic mass is 35.5. The minimum Gasteiger partial charge on any atom is -0.457 e. The van der Waals surface area contributed by atoms with Crippen molar-refractivity contribution in [2.45, 2.75) is 40.3 Å². The van der Waals surface area contributed by atoms with Crippen LogP contribution >= 0.6 is 11.6 Å². The molecule has 0 amide bonds. The Labute approximate surface area is 132 Å². The van der Waals surface area contributed by atoms with Crippen LogP contribution in [0.4, 0.5) is 0 Å². The van der Waals surface area contributed by atoms with Gasteiger partial charge in [-0.1, -0.05) is 37.6 Å². The van der Waals surface area contributed by atoms with Crippen molar-refractivity contribution in [2.24, 2.45) is 0 Å². The molecule has 0 saturated heterocycles. The van der Waals surface area contributed by atoms with E-state index in [2.05, 4.69) is 31.3 Å². The Kier molecular flexibility index (Phi) is 5.27. The first kappa shape index (κ1) is 15.9. The number of aryl methyl sites for hydroxylation is 2. The van der Waals surface area contributed by atoms with Crippen molar-refractivity contribution >= 4 is 11.6 Å². The van der Waals surface area contributed by atoms with Gasteiger partial charge in [0, 0.05) is 17.6 Å². The third-order valence-corrected chi connectivity index (χ3v) is 3.85. The monoisotopic (exact) mass is 303 g/mol. The van der Waals surface area contributed by atoms with E-state index >= 15 is 0 Å². The summed E-state index contributed by atoms with van der Waals surface area (Å²) >= 11 is 6.18. The molecule has 0 atom stereocenters. The summed E-state index contributed by atoms with van der Waals surface area (Å²) in [6, 6.07) is 12.6. The Morgan fingerprint density at radius 1 is 1.05 bits per heavy atom. The fraction of sp³-hybridized carbons (Fsp3) is 0.333. The number of rotatable bonds is 5. The van der Waals surface area contributed by atoms with Crippen LogP contribution in [-0.2, 0) is 6.54 Å². The van der Waals surface area contributed by atoms with Crippen LogP contribution in [0.1, 0.15) is 30.5 Å². The standard InChI is InChI=1S/C18H22ClNO/c1-12(2)20-11-15-6-5-7-16(10-15)21-17-8-13(3)18(19)14(4)9-17/h5-10,12,20H,11H2,1-4H3. The van der Waals surface area contributed by atoms with Crippen LogP contribution in [-0.4, -0.2) is 6.04 Å². The second-order valence-corrected chi connectivity index (χ2v) is 6.03. The van der Waals surface area contributed by atoms with Crippen molar-refractivity contribution in [3.05, 3.63) is 58.1 Å². The number of halogens is 1. The van der Waals surface area contributed by atoms with E-state index in [1.807, 2.05) is 38.1 Å². The maximum atomic E-state index is 6.18. The number of ether oxygens (including phenoxy) is 1. The average Bonchev–Trinajstić information content (AvgIpc) is 2.43. The molecule has 0 saturated carbocycles. The summed E-state index contributed by atoms with van der Waals surface area (Å²) in [7, 11) is 0. The van der Waals surface area contributed by atoms with Gasteiger partial charge in [-0.05, 0) is 54.8 Å². The molecule has 2 aromatic carbocycles. The maximum absolute atomic E-state index is 6.18. The van der Waals surface area contributed by atoms with Gasteiger partial charge in [0.1, 0.15) is 11.5 Å². The first-order valence-electron chi connectivity index (χ1n) is 7.22. The van der Waals surface area contributed by atoms with Crippen molar-refractivity contribution in [3.8, 4) is 11.5 Å². The van der Waals surface area contributed by atoms with Crippen molar-refractivity contribution in [1.82, 2.24) is 5.32 Å². The van der Waals surface area contributed by atoms with Crippen LogP contribution in [0.3, 0.4) is 0 Å². The van der Waals surface area contributed by atoms with Gasteiger partial charge in [0.15, 0.2) is 0 Å². The topological polar surface area (TPSA) is 21.3 Å². The van der Waals surface area contributed by atoms with Crippen molar-refractivity contribution in [1.29, 1.82) is 0 Å². The van der Waals surface area contributed by atoms with E-state index in [0.717, 1.165) is 34.2 Å². The van der Waals surface area contributed by atoms with E-state index < -0.39 is 0 Å². The molecular weight excluding hydrogens is 282 g/mol. The van der Waals surface area contributed by atoms with Gasteiger partial charge in [0.25, 0.3) is 0 Å². The van der Waals surface area contributed by atoms with Gasteiger partial charge >= 0.3 is 0 Å². The quantitative estimate of drug-likeness (QED) is 0.815. The van der Waals surface area contributed by atoms with Gasteiger partial charge in [-0.3, -0.25) is 0 Å². The molecule has 0 radical (unpaired) electrons. The summed E-state index contributed by atoms with van der Waals surface area (Å²) in [5.74, 6) is 1.67. The molecule has 112 valence electrons. The lowest BCUT2D eigenvalue weighted by molar-refractivity contribution is 0.480. The first-order valence-corrected chi connectivity index (χ1v) is 7.60. The van der Waals surface area contributed by atoms with Gasteiger partial charge in [-0.25, -0.2) is 0 Å². The zero-order valence-electron chi connectivity index (χ0n) is 13.0. The molecule has 0 unspecified atom stereocenters. The van der Waals surface area contributed by atoms with E-state index in [0.29, 0.717) is 6.04 Å². The summed E-state index contributed by atoms with van der Waals surface area (Å²) < 4.78 is 5.96. The van der Waals surface area contributed by atoms with E-state index in [9.17, 15) is 0 Å². The van der Waals surface area contributed by atoms with E-state index in [1.165, 1.54) is 5.56 Å². The molecule has 0 aliphatic carbocycles. The number of hydrogen-bond acceptors (Lipinski definition) is 2. The van der Waals surface area contributed by atoms with Gasteiger partial charge < -0.3 is 10.1 Å². The van der Waals surface area contributed by atoms with Crippen LogP contribution in [0.25, 0.3) is 0 Å². The number of hydrogen-bond donors (Lipinski definition) is 1. The number of nitrogens with one attached hydrogen (secondary N) is 1. The van der Waals surface area contributed by atoms with E-state index in [-0.39, 0.29) is 0 Å². The third kappa shape index (κ3) is 4.48. The highest BCUT2D eigenvalue weighted by molar-refractivity contribution is 6.32. The zero-order valence-corrected chi connectivity index (χ0v) is 13.8. The summed E-state index contributed by atoms with van der Waals surface area (Å²) in [6.07, 6.45) is 0. The Morgan fingerprint density at radius 2 is 1.71 bits per heavy atom. The van der Waals surface area contributed by atoms with E-state index in [1.54, 1.807) is 0 Å². The molecule has 2 nitrogen and oxygen atoms in total. The largest absolute Gasteiger partial charge is 0.457 e. The molecule has 1 N–H and O–H groups in total. The minimum atomic E-state index is 0.469. The molecule has 0 fully saturated rings. The fourth-order valence-electron chi connectivity index (χ4n) is 2.14. The maximum Gasteiger partial charge on any atom is 0.128 e. The Hall–Kier alpha value is -1.51. The molecule has 0 spiro atoms. The lowest BCUT2D eigenvalue weighted by Crippen LogP contribution is -2.21. The molecule has 0 heterocycles. The van der Waals surface area contributed by atoms with Crippen LogP contribution in [0.5, 0.6) is 11.5 Å². The third-order valence-electron chi connectivity index (χ3n) is 3.26. The second kappa shape index (κ2) is 6.97. The smallest absolute Gasteiger partial charge is 0.128 e. The molecule has 2 aromatic rings. The van der Waals surface area contributed by atoms with E-state index in [4.69, 9.17) is 16.3 Å². The summed E-state index contributed by atoms with van der Waals surface area (Å²) in [4.78, 5) is 0. The van der Waals surface area contributed by atoms with Crippen LogP contribution in [0, 0.1) is 13.8 Å².